The summed E-state index contributed by atoms with van der Waals surface area (Å²) < 4.78 is 42.4. The van der Waals surface area contributed by atoms with Crippen LogP contribution in [0.4, 0.5) is 13.2 Å². The van der Waals surface area contributed by atoms with Crippen molar-refractivity contribution in [2.75, 3.05) is 7.11 Å². The van der Waals surface area contributed by atoms with Gasteiger partial charge in [-0.1, -0.05) is 0 Å². The molecule has 0 aliphatic heterocycles. The standard InChI is InChI=1S/C9H7F3O3/c1-15-9(14)8(13)4-2-6(11)7(12)3-5(4)10/h2-3,6-7H,1H3. The molecule has 3 nitrogen and oxygen atoms in total. The van der Waals surface area contributed by atoms with E-state index >= 15 is 0 Å². The Morgan fingerprint density at radius 3 is 2.33 bits per heavy atom. The van der Waals surface area contributed by atoms with Crippen molar-refractivity contribution in [3.8, 4) is 0 Å². The van der Waals surface area contributed by atoms with Crippen LogP contribution in [-0.2, 0) is 14.3 Å². The molecule has 0 aromatic carbocycles. The van der Waals surface area contributed by atoms with Crippen molar-refractivity contribution >= 4 is 11.8 Å². The van der Waals surface area contributed by atoms with Crippen molar-refractivity contribution < 1.29 is 27.5 Å². The molecule has 0 radical (unpaired) electrons. The third kappa shape index (κ3) is 2.26. The highest BCUT2D eigenvalue weighted by molar-refractivity contribution is 6.41. The smallest absolute Gasteiger partial charge is 0.379 e. The van der Waals surface area contributed by atoms with Crippen LogP contribution in [0.3, 0.4) is 0 Å². The van der Waals surface area contributed by atoms with Gasteiger partial charge in [-0.2, -0.15) is 0 Å². The third-order valence-electron chi connectivity index (χ3n) is 1.81. The van der Waals surface area contributed by atoms with E-state index < -0.39 is 35.5 Å². The maximum Gasteiger partial charge on any atom is 0.379 e. The number of hydrogen-bond donors (Lipinski definition) is 0. The minimum absolute atomic E-state index is 0.306. The summed E-state index contributed by atoms with van der Waals surface area (Å²) >= 11 is 0. The molecule has 0 saturated heterocycles. The van der Waals surface area contributed by atoms with Crippen LogP contribution in [0, 0.1) is 0 Å². The Kier molecular flexibility index (Phi) is 3.28. The maximum absolute atomic E-state index is 13.0. The zero-order valence-corrected chi connectivity index (χ0v) is 7.67. The Morgan fingerprint density at radius 2 is 1.80 bits per heavy atom. The van der Waals surface area contributed by atoms with E-state index in [0.717, 1.165) is 7.11 Å². The van der Waals surface area contributed by atoms with Crippen LogP contribution in [0.5, 0.6) is 0 Å². The van der Waals surface area contributed by atoms with Crippen molar-refractivity contribution in [3.63, 3.8) is 0 Å². The Morgan fingerprint density at radius 1 is 1.27 bits per heavy atom. The topological polar surface area (TPSA) is 43.4 Å². The van der Waals surface area contributed by atoms with Gasteiger partial charge in [0.05, 0.1) is 12.7 Å². The van der Waals surface area contributed by atoms with E-state index in [4.69, 9.17) is 0 Å². The first-order valence-electron chi connectivity index (χ1n) is 3.97. The molecule has 0 saturated carbocycles. The quantitative estimate of drug-likeness (QED) is 0.518. The molecule has 6 heteroatoms. The van der Waals surface area contributed by atoms with Crippen LogP contribution in [0.25, 0.3) is 0 Å². The van der Waals surface area contributed by atoms with Gasteiger partial charge in [-0.3, -0.25) is 4.79 Å². The minimum atomic E-state index is -2.14. The van der Waals surface area contributed by atoms with Crippen molar-refractivity contribution in [1.29, 1.82) is 0 Å². The van der Waals surface area contributed by atoms with Crippen molar-refractivity contribution in [2.24, 2.45) is 0 Å². The Hall–Kier alpha value is -1.59. The van der Waals surface area contributed by atoms with Gasteiger partial charge in [0.25, 0.3) is 5.78 Å². The molecule has 1 aliphatic rings. The summed E-state index contributed by atoms with van der Waals surface area (Å²) in [6.45, 7) is 0. The van der Waals surface area contributed by atoms with Crippen molar-refractivity contribution in [3.05, 3.63) is 23.6 Å². The maximum atomic E-state index is 13.0. The summed E-state index contributed by atoms with van der Waals surface area (Å²) in [7, 11) is 0.927. The van der Waals surface area contributed by atoms with E-state index in [1.807, 2.05) is 0 Å². The van der Waals surface area contributed by atoms with Gasteiger partial charge < -0.3 is 4.74 Å². The largest absolute Gasteiger partial charge is 0.463 e. The molecular formula is C9H7F3O3. The number of carbonyl (C=O) groups excluding carboxylic acids is 2. The highest BCUT2D eigenvalue weighted by atomic mass is 19.2. The second kappa shape index (κ2) is 4.29. The lowest BCUT2D eigenvalue weighted by Crippen LogP contribution is -2.24. The number of methoxy groups -OCH3 is 1. The predicted molar refractivity (Wildman–Crippen MR) is 44.1 cm³/mol. The van der Waals surface area contributed by atoms with Crippen molar-refractivity contribution in [2.45, 2.75) is 12.3 Å². The summed E-state index contributed by atoms with van der Waals surface area (Å²) in [4.78, 5) is 21.8. The number of halogens is 3. The molecule has 0 heterocycles. The number of hydrogen-bond acceptors (Lipinski definition) is 3. The summed E-state index contributed by atoms with van der Waals surface area (Å²) in [6, 6.07) is 0. The molecule has 2 atom stereocenters. The average Bonchev–Trinajstić information content (AvgIpc) is 2.21. The van der Waals surface area contributed by atoms with Gasteiger partial charge in [0.2, 0.25) is 0 Å². The number of ketones is 1. The fraction of sp³-hybridized carbons (Fsp3) is 0.333. The highest BCUT2D eigenvalue weighted by Crippen LogP contribution is 2.25. The first-order chi connectivity index (χ1) is 6.97. The summed E-state index contributed by atoms with van der Waals surface area (Å²) in [6.07, 6.45) is -3.53. The number of rotatable bonds is 2. The predicted octanol–water partition coefficient (Wildman–Crippen LogP) is 1.20. The van der Waals surface area contributed by atoms with E-state index in [0.29, 0.717) is 12.2 Å². The van der Waals surface area contributed by atoms with Crippen LogP contribution in [0.2, 0.25) is 0 Å². The molecule has 1 rings (SSSR count). The van der Waals surface area contributed by atoms with Gasteiger partial charge >= 0.3 is 5.97 Å². The van der Waals surface area contributed by atoms with E-state index in [1.165, 1.54) is 0 Å². The molecule has 0 bridgehead atoms. The Labute approximate surface area is 83.2 Å². The Balaban J connectivity index is 2.96. The van der Waals surface area contributed by atoms with Gasteiger partial charge in [-0.25, -0.2) is 18.0 Å². The van der Waals surface area contributed by atoms with Crippen LogP contribution in [0.15, 0.2) is 23.6 Å². The molecule has 0 amide bonds. The number of esters is 1. The number of alkyl halides is 2. The molecule has 0 spiro atoms. The summed E-state index contributed by atoms with van der Waals surface area (Å²) in [5.74, 6) is -3.91. The van der Waals surface area contributed by atoms with Gasteiger partial charge in [-0.15, -0.1) is 0 Å². The van der Waals surface area contributed by atoms with Gasteiger partial charge in [0.15, 0.2) is 12.3 Å². The normalized spacial score (nSPS) is 25.3. The van der Waals surface area contributed by atoms with Crippen LogP contribution >= 0.6 is 0 Å². The van der Waals surface area contributed by atoms with Crippen LogP contribution in [0.1, 0.15) is 0 Å². The lowest BCUT2D eigenvalue weighted by Gasteiger charge is -2.13. The molecular weight excluding hydrogens is 213 g/mol. The van der Waals surface area contributed by atoms with Gasteiger partial charge in [0.1, 0.15) is 5.83 Å². The number of allylic oxidation sites excluding steroid dienone is 3. The van der Waals surface area contributed by atoms with Gasteiger partial charge in [0, 0.05) is 0 Å². The molecule has 0 aromatic rings. The second-order valence-electron chi connectivity index (χ2n) is 2.80. The lowest BCUT2D eigenvalue weighted by molar-refractivity contribution is -0.149. The molecule has 0 fully saturated rings. The molecule has 2 unspecified atom stereocenters. The monoisotopic (exact) mass is 220 g/mol. The van der Waals surface area contributed by atoms with Gasteiger partial charge in [-0.05, 0) is 12.2 Å². The van der Waals surface area contributed by atoms with Crippen LogP contribution in [-0.4, -0.2) is 31.2 Å². The Bertz CT molecular complexity index is 360. The van der Waals surface area contributed by atoms with Crippen LogP contribution < -0.4 is 0 Å². The molecule has 0 N–H and O–H groups in total. The summed E-state index contributed by atoms with van der Waals surface area (Å²) in [5.41, 5.74) is -0.803. The minimum Gasteiger partial charge on any atom is -0.463 e. The number of Topliss-reactive ketones (excluding diaryl/α,β-unsaturated/α-hetero) is 1. The SMILES string of the molecule is COC(=O)C(=O)C1=CC(F)C(F)C=C1F. The molecule has 0 aromatic heterocycles. The van der Waals surface area contributed by atoms with Crippen molar-refractivity contribution in [1.82, 2.24) is 0 Å². The third-order valence-corrected chi connectivity index (χ3v) is 1.81. The van der Waals surface area contributed by atoms with E-state index in [1.54, 1.807) is 0 Å². The van der Waals surface area contributed by atoms with E-state index in [9.17, 15) is 22.8 Å². The zero-order chi connectivity index (χ0) is 11.6. The fourth-order valence-electron chi connectivity index (χ4n) is 1.04. The molecule has 15 heavy (non-hydrogen) atoms. The second-order valence-corrected chi connectivity index (χ2v) is 2.80. The summed E-state index contributed by atoms with van der Waals surface area (Å²) in [5, 5.41) is 0. The lowest BCUT2D eigenvalue weighted by atomic mass is 10.00. The van der Waals surface area contributed by atoms with E-state index in [-0.39, 0.29) is 0 Å². The molecule has 1 aliphatic carbocycles. The highest BCUT2D eigenvalue weighted by Gasteiger charge is 2.31. The average molecular weight is 220 g/mol. The molecule has 82 valence electrons. The number of ether oxygens (including phenoxy) is 1. The fourth-order valence-corrected chi connectivity index (χ4v) is 1.04. The first kappa shape index (κ1) is 11.5. The first-order valence-corrected chi connectivity index (χ1v) is 3.97. The zero-order valence-electron chi connectivity index (χ0n) is 7.67. The van der Waals surface area contributed by atoms with E-state index in [2.05, 4.69) is 4.74 Å². The number of carbonyl (C=O) groups is 2.